The Morgan fingerprint density at radius 3 is 2.67 bits per heavy atom. The Labute approximate surface area is 96.5 Å². The van der Waals surface area contributed by atoms with Gasteiger partial charge >= 0.3 is 0 Å². The Bertz CT molecular complexity index is 195. The zero-order chi connectivity index (χ0) is 11.3. The molecule has 0 aromatic carbocycles. The van der Waals surface area contributed by atoms with Crippen LogP contribution in [0.1, 0.15) is 39.0 Å². The van der Waals surface area contributed by atoms with E-state index in [0.717, 1.165) is 18.9 Å². The maximum atomic E-state index is 6.17. The lowest BCUT2D eigenvalue weighted by molar-refractivity contribution is -0.0358. The monoisotopic (exact) mass is 226 g/mol. The number of hydrogen-bond acceptors (Lipinski definition) is 1. The minimum Gasteiger partial charge on any atom is -0.379 e. The lowest BCUT2D eigenvalue weighted by Crippen LogP contribution is -2.48. The molecule has 2 unspecified atom stereocenters. The van der Waals surface area contributed by atoms with Crippen LogP contribution in [0.2, 0.25) is 13.1 Å². The van der Waals surface area contributed by atoms with Crippen molar-refractivity contribution in [1.29, 1.82) is 0 Å². The predicted molar refractivity (Wildman–Crippen MR) is 70.0 cm³/mol. The van der Waals surface area contributed by atoms with Crippen molar-refractivity contribution in [2.24, 2.45) is 5.92 Å². The number of hydrogen-bond donors (Lipinski definition) is 0. The molecule has 0 bridgehead atoms. The van der Waals surface area contributed by atoms with Crippen molar-refractivity contribution in [1.82, 2.24) is 0 Å². The maximum absolute atomic E-state index is 6.17. The second-order valence-corrected chi connectivity index (χ2v) is 8.72. The van der Waals surface area contributed by atoms with Gasteiger partial charge in [-0.15, -0.1) is 6.58 Å². The van der Waals surface area contributed by atoms with Crippen LogP contribution in [-0.2, 0) is 4.74 Å². The van der Waals surface area contributed by atoms with E-state index < -0.39 is 8.80 Å². The topological polar surface area (TPSA) is 9.23 Å². The van der Waals surface area contributed by atoms with Crippen molar-refractivity contribution in [3.63, 3.8) is 0 Å². The molecule has 0 aliphatic carbocycles. The molecule has 0 aromatic rings. The van der Waals surface area contributed by atoms with Crippen LogP contribution in [0.5, 0.6) is 0 Å². The van der Waals surface area contributed by atoms with Gasteiger partial charge in [0, 0.05) is 6.61 Å². The van der Waals surface area contributed by atoms with Crippen molar-refractivity contribution in [2.45, 2.75) is 57.3 Å². The highest BCUT2D eigenvalue weighted by Gasteiger charge is 2.37. The highest BCUT2D eigenvalue weighted by atomic mass is 28.3. The summed E-state index contributed by atoms with van der Waals surface area (Å²) in [4.78, 5) is 0. The molecule has 1 saturated heterocycles. The van der Waals surface area contributed by atoms with Crippen LogP contribution in [-0.4, -0.2) is 20.6 Å². The van der Waals surface area contributed by atoms with Gasteiger partial charge in [0.1, 0.15) is 0 Å². The van der Waals surface area contributed by atoms with Crippen molar-refractivity contribution < 1.29 is 4.74 Å². The lowest BCUT2D eigenvalue weighted by Gasteiger charge is -2.42. The van der Waals surface area contributed by atoms with E-state index in [4.69, 9.17) is 4.74 Å². The maximum Gasteiger partial charge on any atom is 0.0695 e. The van der Waals surface area contributed by atoms with E-state index in [2.05, 4.69) is 26.6 Å². The van der Waals surface area contributed by atoms with Crippen molar-refractivity contribution >= 4 is 8.80 Å². The lowest BCUT2D eigenvalue weighted by atomic mass is 9.95. The molecule has 2 heteroatoms. The fourth-order valence-corrected chi connectivity index (χ4v) is 4.79. The van der Waals surface area contributed by atoms with E-state index in [-0.39, 0.29) is 0 Å². The van der Waals surface area contributed by atoms with Gasteiger partial charge in [0.05, 0.1) is 14.0 Å². The minimum atomic E-state index is -0.725. The third-order valence-electron chi connectivity index (χ3n) is 3.70. The molecule has 0 aromatic heterocycles. The molecule has 1 fully saturated rings. The van der Waals surface area contributed by atoms with Crippen LogP contribution < -0.4 is 0 Å². The van der Waals surface area contributed by atoms with Crippen LogP contribution in [0.15, 0.2) is 12.7 Å². The van der Waals surface area contributed by atoms with Crippen LogP contribution in [0.4, 0.5) is 0 Å². The summed E-state index contributed by atoms with van der Waals surface area (Å²) in [5, 5.41) is 0.292. The normalized spacial score (nSPS) is 29.1. The fraction of sp³-hybridized carbons (Fsp3) is 0.846. The predicted octanol–water partition coefficient (Wildman–Crippen LogP) is 3.55. The molecular formula is C13H26OSi. The van der Waals surface area contributed by atoms with E-state index in [1.54, 1.807) is 0 Å². The van der Waals surface area contributed by atoms with Crippen molar-refractivity contribution in [2.75, 3.05) is 6.61 Å². The van der Waals surface area contributed by atoms with Gasteiger partial charge in [-0.25, -0.2) is 0 Å². The van der Waals surface area contributed by atoms with Crippen LogP contribution in [0.25, 0.3) is 0 Å². The first-order valence-electron chi connectivity index (χ1n) is 6.35. The van der Waals surface area contributed by atoms with Gasteiger partial charge in [0.2, 0.25) is 0 Å². The Kier molecular flexibility index (Phi) is 5.07. The van der Waals surface area contributed by atoms with Gasteiger partial charge in [-0.2, -0.15) is 0 Å². The van der Waals surface area contributed by atoms with Crippen LogP contribution in [0, 0.1) is 5.92 Å². The largest absolute Gasteiger partial charge is 0.379 e. The summed E-state index contributed by atoms with van der Waals surface area (Å²) in [5.41, 5.74) is 0. The molecule has 1 aliphatic rings. The smallest absolute Gasteiger partial charge is 0.0695 e. The van der Waals surface area contributed by atoms with E-state index >= 15 is 0 Å². The summed E-state index contributed by atoms with van der Waals surface area (Å²) in [5.74, 6) is 0.732. The number of allylic oxidation sites excluding steroid dienone is 1. The first-order chi connectivity index (χ1) is 7.10. The molecule has 0 spiro atoms. The molecule has 88 valence electrons. The minimum absolute atomic E-state index is 0.292. The van der Waals surface area contributed by atoms with Gasteiger partial charge < -0.3 is 4.74 Å². The standard InChI is InChI=1S/C13H26OSi/c1-5-8-12(2)11-13(15(3)4)9-6-7-10-14-13/h5,12,15H,1,6-11H2,2-4H3. The zero-order valence-corrected chi connectivity index (χ0v) is 11.7. The fourth-order valence-electron chi connectivity index (χ4n) is 2.68. The molecule has 0 radical (unpaired) electrons. The Balaban J connectivity index is 2.59. The molecular weight excluding hydrogens is 200 g/mol. The highest BCUT2D eigenvalue weighted by Crippen LogP contribution is 2.34. The third kappa shape index (κ3) is 3.46. The summed E-state index contributed by atoms with van der Waals surface area (Å²) in [6.07, 6.45) is 8.36. The quantitative estimate of drug-likeness (QED) is 0.514. The first-order valence-corrected chi connectivity index (χ1v) is 9.24. The van der Waals surface area contributed by atoms with Crippen molar-refractivity contribution in [3.8, 4) is 0 Å². The van der Waals surface area contributed by atoms with Crippen LogP contribution >= 0.6 is 0 Å². The number of ether oxygens (including phenoxy) is 1. The molecule has 0 amide bonds. The number of rotatable bonds is 5. The highest BCUT2D eigenvalue weighted by molar-refractivity contribution is 6.59. The molecule has 1 rings (SSSR count). The summed E-state index contributed by atoms with van der Waals surface area (Å²) in [6, 6.07) is 0. The molecule has 1 aliphatic heterocycles. The molecule has 2 atom stereocenters. The molecule has 1 nitrogen and oxygen atoms in total. The van der Waals surface area contributed by atoms with Gasteiger partial charge in [-0.1, -0.05) is 26.1 Å². The van der Waals surface area contributed by atoms with Crippen LogP contribution in [0.3, 0.4) is 0 Å². The molecule has 0 saturated carbocycles. The summed E-state index contributed by atoms with van der Waals surface area (Å²) < 4.78 is 6.17. The molecule has 15 heavy (non-hydrogen) atoms. The van der Waals surface area contributed by atoms with Gasteiger partial charge in [-0.3, -0.25) is 0 Å². The summed E-state index contributed by atoms with van der Waals surface area (Å²) in [7, 11) is -0.725. The second kappa shape index (κ2) is 5.85. The summed E-state index contributed by atoms with van der Waals surface area (Å²) in [6.45, 7) is 12.0. The van der Waals surface area contributed by atoms with E-state index in [0.29, 0.717) is 5.22 Å². The van der Waals surface area contributed by atoms with Crippen molar-refractivity contribution in [3.05, 3.63) is 12.7 Å². The van der Waals surface area contributed by atoms with Gasteiger partial charge in [0.25, 0.3) is 0 Å². The van der Waals surface area contributed by atoms with Gasteiger partial charge in [0.15, 0.2) is 0 Å². The SMILES string of the molecule is C=CCC(C)CC1([SiH](C)C)CCCCO1. The Morgan fingerprint density at radius 2 is 2.20 bits per heavy atom. The molecule has 0 N–H and O–H groups in total. The Hall–Kier alpha value is -0.0831. The average molecular weight is 226 g/mol. The molecule has 1 heterocycles. The van der Waals surface area contributed by atoms with E-state index in [1.165, 1.54) is 25.7 Å². The average Bonchev–Trinajstić information content (AvgIpc) is 2.19. The third-order valence-corrected chi connectivity index (χ3v) is 6.49. The van der Waals surface area contributed by atoms with Gasteiger partial charge in [-0.05, 0) is 38.0 Å². The summed E-state index contributed by atoms with van der Waals surface area (Å²) >= 11 is 0. The van der Waals surface area contributed by atoms with E-state index in [9.17, 15) is 0 Å². The zero-order valence-electron chi connectivity index (χ0n) is 10.6. The Morgan fingerprint density at radius 1 is 1.47 bits per heavy atom. The second-order valence-electron chi connectivity index (χ2n) is 5.36. The van der Waals surface area contributed by atoms with E-state index in [1.807, 2.05) is 6.08 Å². The first kappa shape index (κ1) is 13.0.